The second kappa shape index (κ2) is 6.70. The number of nitrogens with zero attached hydrogens (tertiary/aromatic N) is 5. The summed E-state index contributed by atoms with van der Waals surface area (Å²) in [5.74, 6) is -1.08. The highest BCUT2D eigenvalue weighted by molar-refractivity contribution is 7.05. The van der Waals surface area contributed by atoms with Crippen molar-refractivity contribution in [2.45, 2.75) is 31.7 Å². The minimum absolute atomic E-state index is 0.0249. The number of amides is 2. The van der Waals surface area contributed by atoms with Crippen LogP contribution in [0.25, 0.3) is 0 Å². The zero-order valence-electron chi connectivity index (χ0n) is 16.2. The maximum Gasteiger partial charge on any atom is 0.230 e. The summed E-state index contributed by atoms with van der Waals surface area (Å²) in [6, 6.07) is 3.80. The topological polar surface area (TPSA) is 88.5 Å². The van der Waals surface area contributed by atoms with Crippen molar-refractivity contribution in [3.8, 4) is 0 Å². The molecule has 0 aromatic carbocycles. The molecule has 8 nitrogen and oxygen atoms in total. The molecule has 2 saturated heterocycles. The number of rotatable bonds is 5. The van der Waals surface area contributed by atoms with Gasteiger partial charge in [0.1, 0.15) is 5.60 Å². The first-order valence-electron chi connectivity index (χ1n) is 9.56. The number of ether oxygens (including phenoxy) is 1. The van der Waals surface area contributed by atoms with Crippen LogP contribution in [0.4, 0.5) is 0 Å². The Morgan fingerprint density at radius 1 is 1.48 bits per heavy atom. The molecule has 1 spiro atoms. The van der Waals surface area contributed by atoms with Crippen LogP contribution in [0.15, 0.2) is 36.7 Å². The fourth-order valence-electron chi connectivity index (χ4n) is 4.65. The molecular weight excluding hydrogens is 390 g/mol. The molecule has 2 aromatic heterocycles. The zero-order chi connectivity index (χ0) is 20.2. The lowest BCUT2D eigenvalue weighted by Gasteiger charge is -2.27. The number of carbonyl (C=O) groups excluding carboxylic acids is 2. The van der Waals surface area contributed by atoms with E-state index in [1.807, 2.05) is 31.2 Å². The van der Waals surface area contributed by atoms with Crippen LogP contribution in [-0.4, -0.2) is 61.5 Å². The second-order valence-corrected chi connectivity index (χ2v) is 8.77. The van der Waals surface area contributed by atoms with Crippen LogP contribution in [0.3, 0.4) is 0 Å². The zero-order valence-corrected chi connectivity index (χ0v) is 17.0. The van der Waals surface area contributed by atoms with E-state index in [0.717, 1.165) is 16.1 Å². The third kappa shape index (κ3) is 2.87. The van der Waals surface area contributed by atoms with E-state index >= 15 is 0 Å². The molecule has 2 fully saturated rings. The first-order chi connectivity index (χ1) is 14.0. The van der Waals surface area contributed by atoms with Crippen LogP contribution in [0, 0.1) is 18.8 Å². The summed E-state index contributed by atoms with van der Waals surface area (Å²) in [6.45, 7) is 3.24. The van der Waals surface area contributed by atoms with Crippen LogP contribution in [0.1, 0.15) is 16.1 Å². The number of pyridine rings is 1. The predicted molar refractivity (Wildman–Crippen MR) is 104 cm³/mol. The third-order valence-electron chi connectivity index (χ3n) is 6.06. The maximum absolute atomic E-state index is 13.3. The van der Waals surface area contributed by atoms with Crippen molar-refractivity contribution in [1.29, 1.82) is 0 Å². The minimum atomic E-state index is -0.701. The van der Waals surface area contributed by atoms with Crippen LogP contribution >= 0.6 is 11.5 Å². The van der Waals surface area contributed by atoms with Crippen molar-refractivity contribution in [3.05, 3.63) is 52.8 Å². The summed E-state index contributed by atoms with van der Waals surface area (Å²) in [7, 11) is 1.76. The van der Waals surface area contributed by atoms with E-state index in [4.69, 9.17) is 4.74 Å². The summed E-state index contributed by atoms with van der Waals surface area (Å²) in [6.07, 6.45) is 7.04. The molecule has 0 radical (unpaired) electrons. The molecule has 29 heavy (non-hydrogen) atoms. The first kappa shape index (κ1) is 18.4. The smallest absolute Gasteiger partial charge is 0.230 e. The lowest BCUT2D eigenvalue weighted by molar-refractivity contribution is -0.142. The Bertz CT molecular complexity index is 993. The van der Waals surface area contributed by atoms with Crippen molar-refractivity contribution >= 4 is 23.3 Å². The van der Waals surface area contributed by atoms with Gasteiger partial charge in [0.2, 0.25) is 11.8 Å². The maximum atomic E-state index is 13.3. The standard InChI is InChI=1S/C20H21N5O3S/c1-12-15(29-23-22-12)10-24(2)18(26)16-14-5-6-20(28-14)11-25(19(27)17(16)20)9-13-4-3-7-21-8-13/h3-8,14,16-17H,9-11H2,1-2H3/t14-,16+,17-,20-/m0/s1. The monoisotopic (exact) mass is 411 g/mol. The van der Waals surface area contributed by atoms with E-state index in [-0.39, 0.29) is 17.9 Å². The first-order valence-corrected chi connectivity index (χ1v) is 10.3. The molecule has 0 N–H and O–H groups in total. The van der Waals surface area contributed by atoms with Gasteiger partial charge < -0.3 is 14.5 Å². The Balaban J connectivity index is 1.37. The number of hydrogen-bond acceptors (Lipinski definition) is 7. The number of hydrogen-bond donors (Lipinski definition) is 0. The Morgan fingerprint density at radius 2 is 2.34 bits per heavy atom. The fourth-order valence-corrected chi connectivity index (χ4v) is 5.34. The van der Waals surface area contributed by atoms with Crippen LogP contribution < -0.4 is 0 Å². The predicted octanol–water partition coefficient (Wildman–Crippen LogP) is 1.18. The molecule has 2 bridgehead atoms. The van der Waals surface area contributed by atoms with E-state index < -0.39 is 17.4 Å². The third-order valence-corrected chi connectivity index (χ3v) is 6.87. The highest BCUT2D eigenvalue weighted by Gasteiger charge is 2.67. The average Bonchev–Trinajstić information content (AvgIpc) is 3.45. The molecule has 9 heteroatoms. The van der Waals surface area contributed by atoms with E-state index in [9.17, 15) is 9.59 Å². The van der Waals surface area contributed by atoms with Gasteiger partial charge in [0, 0.05) is 26.0 Å². The Kier molecular flexibility index (Phi) is 4.25. The van der Waals surface area contributed by atoms with Gasteiger partial charge in [-0.25, -0.2) is 0 Å². The van der Waals surface area contributed by atoms with E-state index in [0.29, 0.717) is 19.6 Å². The summed E-state index contributed by atoms with van der Waals surface area (Å²) < 4.78 is 10.1. The van der Waals surface area contributed by atoms with Gasteiger partial charge in [0.05, 0.1) is 41.6 Å². The van der Waals surface area contributed by atoms with Gasteiger partial charge >= 0.3 is 0 Å². The van der Waals surface area contributed by atoms with E-state index in [1.165, 1.54) is 11.5 Å². The summed E-state index contributed by atoms with van der Waals surface area (Å²) in [4.78, 5) is 35.1. The molecule has 0 aliphatic carbocycles. The quantitative estimate of drug-likeness (QED) is 0.687. The summed E-state index contributed by atoms with van der Waals surface area (Å²) in [5, 5.41) is 4.01. The van der Waals surface area contributed by atoms with Gasteiger partial charge in [-0.05, 0) is 30.1 Å². The molecule has 0 saturated carbocycles. The lowest BCUT2D eigenvalue weighted by Crippen LogP contribution is -2.44. The molecule has 5 rings (SSSR count). The van der Waals surface area contributed by atoms with Gasteiger partial charge in [-0.15, -0.1) is 5.10 Å². The molecule has 2 aromatic rings. The largest absolute Gasteiger partial charge is 0.360 e. The van der Waals surface area contributed by atoms with Crippen molar-refractivity contribution < 1.29 is 14.3 Å². The number of aromatic nitrogens is 3. The highest BCUT2D eigenvalue weighted by Crippen LogP contribution is 2.52. The molecule has 3 aliphatic rings. The molecule has 3 aliphatic heterocycles. The fraction of sp³-hybridized carbons (Fsp3) is 0.450. The van der Waals surface area contributed by atoms with Crippen molar-refractivity contribution in [2.75, 3.05) is 13.6 Å². The van der Waals surface area contributed by atoms with Gasteiger partial charge in [-0.2, -0.15) is 0 Å². The van der Waals surface area contributed by atoms with Gasteiger partial charge in [-0.1, -0.05) is 22.7 Å². The molecule has 150 valence electrons. The summed E-state index contributed by atoms with van der Waals surface area (Å²) in [5.41, 5.74) is 1.09. The van der Waals surface area contributed by atoms with Crippen molar-refractivity contribution in [3.63, 3.8) is 0 Å². The number of carbonyl (C=O) groups is 2. The number of likely N-dealkylation sites (tertiary alicyclic amines) is 1. The highest BCUT2D eigenvalue weighted by atomic mass is 32.1. The molecule has 4 atom stereocenters. The van der Waals surface area contributed by atoms with Gasteiger partial charge in [0.25, 0.3) is 0 Å². The normalized spacial score (nSPS) is 29.5. The average molecular weight is 411 g/mol. The Hall–Kier alpha value is -2.65. The SMILES string of the molecule is Cc1nnsc1CN(C)C(=O)[C@@H]1[C@@H]2C=C[C@@]3(CN(Cc4cccnc4)C(=O)[C@H]13)O2. The molecular formula is C20H21N5O3S. The number of aryl methyl sites for hydroxylation is 1. The van der Waals surface area contributed by atoms with E-state index in [2.05, 4.69) is 14.6 Å². The summed E-state index contributed by atoms with van der Waals surface area (Å²) >= 11 is 1.29. The van der Waals surface area contributed by atoms with E-state index in [1.54, 1.807) is 29.2 Å². The van der Waals surface area contributed by atoms with Gasteiger partial charge in [0.15, 0.2) is 0 Å². The van der Waals surface area contributed by atoms with Crippen LogP contribution in [-0.2, 0) is 27.4 Å². The van der Waals surface area contributed by atoms with Crippen LogP contribution in [0.5, 0.6) is 0 Å². The van der Waals surface area contributed by atoms with Crippen LogP contribution in [0.2, 0.25) is 0 Å². The van der Waals surface area contributed by atoms with Gasteiger partial charge in [-0.3, -0.25) is 14.6 Å². The Morgan fingerprint density at radius 3 is 3.07 bits per heavy atom. The number of fused-ring (bicyclic) bond motifs is 1. The molecule has 5 heterocycles. The van der Waals surface area contributed by atoms with Crippen molar-refractivity contribution in [2.24, 2.45) is 11.8 Å². The molecule has 0 unspecified atom stereocenters. The minimum Gasteiger partial charge on any atom is -0.360 e. The molecule has 2 amide bonds. The second-order valence-electron chi connectivity index (χ2n) is 7.93. The lowest BCUT2D eigenvalue weighted by atomic mass is 9.76. The Labute approximate surface area is 172 Å². The van der Waals surface area contributed by atoms with Crippen molar-refractivity contribution in [1.82, 2.24) is 24.4 Å².